The third-order valence-electron chi connectivity index (χ3n) is 3.14. The van der Waals surface area contributed by atoms with Gasteiger partial charge in [-0.2, -0.15) is 0 Å². The van der Waals surface area contributed by atoms with Crippen molar-refractivity contribution in [3.63, 3.8) is 0 Å². The first kappa shape index (κ1) is 20.2. The SMILES string of the molecule is CC(=O)Nc1nc(C(=O)OCC(=O)NC(C)c2ccc(Cl)cc2Cl)cs1. The van der Waals surface area contributed by atoms with E-state index in [1.807, 2.05) is 0 Å². The van der Waals surface area contributed by atoms with Crippen LogP contribution in [0.5, 0.6) is 0 Å². The number of amides is 2. The maximum Gasteiger partial charge on any atom is 0.358 e. The van der Waals surface area contributed by atoms with Gasteiger partial charge >= 0.3 is 5.97 Å². The molecular weight excluding hydrogens is 401 g/mol. The molecule has 0 fully saturated rings. The standard InChI is InChI=1S/C16H15Cl2N3O4S/c1-8(11-4-3-10(17)5-12(11)18)19-14(23)6-25-15(24)13-7-26-16(21-13)20-9(2)22/h3-5,7-8H,6H2,1-2H3,(H,19,23)(H,20,21,22). The quantitative estimate of drug-likeness (QED) is 0.704. The molecule has 0 radical (unpaired) electrons. The van der Waals surface area contributed by atoms with E-state index < -0.39 is 24.5 Å². The smallest absolute Gasteiger partial charge is 0.358 e. The normalized spacial score (nSPS) is 11.5. The van der Waals surface area contributed by atoms with Gasteiger partial charge in [0.05, 0.1) is 6.04 Å². The average Bonchev–Trinajstić information content (AvgIpc) is 3.00. The summed E-state index contributed by atoms with van der Waals surface area (Å²) < 4.78 is 4.92. The summed E-state index contributed by atoms with van der Waals surface area (Å²) in [5.41, 5.74) is 0.704. The lowest BCUT2D eigenvalue weighted by Gasteiger charge is -2.15. The van der Waals surface area contributed by atoms with Crippen molar-refractivity contribution in [2.75, 3.05) is 11.9 Å². The second-order valence-electron chi connectivity index (χ2n) is 5.25. The Hall–Kier alpha value is -2.16. The molecule has 0 spiro atoms. The largest absolute Gasteiger partial charge is 0.451 e. The van der Waals surface area contributed by atoms with Crippen LogP contribution in [0.2, 0.25) is 10.0 Å². The van der Waals surface area contributed by atoms with Gasteiger partial charge in [0.25, 0.3) is 5.91 Å². The Morgan fingerprint density at radius 2 is 2.04 bits per heavy atom. The third kappa shape index (κ3) is 5.69. The number of ether oxygens (including phenoxy) is 1. The summed E-state index contributed by atoms with van der Waals surface area (Å²) in [5.74, 6) is -1.55. The fourth-order valence-electron chi connectivity index (χ4n) is 1.99. The minimum atomic E-state index is -0.759. The molecule has 0 aliphatic heterocycles. The summed E-state index contributed by atoms with van der Waals surface area (Å²) in [6.45, 7) is 2.61. The van der Waals surface area contributed by atoms with E-state index in [4.69, 9.17) is 27.9 Å². The van der Waals surface area contributed by atoms with Crippen molar-refractivity contribution in [3.8, 4) is 0 Å². The fourth-order valence-corrected chi connectivity index (χ4v) is 3.29. The van der Waals surface area contributed by atoms with E-state index >= 15 is 0 Å². The Morgan fingerprint density at radius 1 is 1.31 bits per heavy atom. The molecule has 2 rings (SSSR count). The van der Waals surface area contributed by atoms with Gasteiger partial charge in [-0.25, -0.2) is 9.78 Å². The molecule has 0 aliphatic carbocycles. The zero-order valence-electron chi connectivity index (χ0n) is 13.8. The summed E-state index contributed by atoms with van der Waals surface area (Å²) in [7, 11) is 0. The van der Waals surface area contributed by atoms with Crippen molar-refractivity contribution in [3.05, 3.63) is 44.9 Å². The molecule has 0 saturated carbocycles. The number of hydrogen-bond donors (Lipinski definition) is 2. The van der Waals surface area contributed by atoms with Crippen molar-refractivity contribution >= 4 is 57.5 Å². The zero-order valence-corrected chi connectivity index (χ0v) is 16.2. The molecule has 2 amide bonds. The van der Waals surface area contributed by atoms with Gasteiger partial charge in [0.2, 0.25) is 5.91 Å². The summed E-state index contributed by atoms with van der Waals surface area (Å²) in [4.78, 5) is 38.7. The number of nitrogens with zero attached hydrogens (tertiary/aromatic N) is 1. The van der Waals surface area contributed by atoms with E-state index in [9.17, 15) is 14.4 Å². The molecule has 1 heterocycles. The molecule has 138 valence electrons. The molecule has 7 nitrogen and oxygen atoms in total. The van der Waals surface area contributed by atoms with Crippen LogP contribution in [0.25, 0.3) is 0 Å². The van der Waals surface area contributed by atoms with E-state index in [0.29, 0.717) is 15.6 Å². The highest BCUT2D eigenvalue weighted by molar-refractivity contribution is 7.14. The molecule has 0 saturated heterocycles. The van der Waals surface area contributed by atoms with Gasteiger partial charge in [0.1, 0.15) is 0 Å². The van der Waals surface area contributed by atoms with Crippen LogP contribution >= 0.6 is 34.5 Å². The number of hydrogen-bond acceptors (Lipinski definition) is 6. The summed E-state index contributed by atoms with van der Waals surface area (Å²) in [6, 6.07) is 4.56. The number of nitrogens with one attached hydrogen (secondary N) is 2. The number of aromatic nitrogens is 1. The molecule has 1 unspecified atom stereocenters. The Kier molecular flexibility index (Phi) is 6.96. The molecular formula is C16H15Cl2N3O4S. The molecule has 0 aliphatic rings. The minimum absolute atomic E-state index is 0.0142. The summed E-state index contributed by atoms with van der Waals surface area (Å²) in [5, 5.41) is 7.76. The van der Waals surface area contributed by atoms with E-state index in [1.54, 1.807) is 25.1 Å². The number of halogens is 2. The maximum atomic E-state index is 12.0. The van der Waals surface area contributed by atoms with Crippen LogP contribution in [-0.4, -0.2) is 29.4 Å². The van der Waals surface area contributed by atoms with E-state index in [2.05, 4.69) is 15.6 Å². The number of thiazole rings is 1. The number of anilines is 1. The highest BCUT2D eigenvalue weighted by Gasteiger charge is 2.17. The van der Waals surface area contributed by atoms with Crippen molar-refractivity contribution < 1.29 is 19.1 Å². The van der Waals surface area contributed by atoms with Gasteiger partial charge in [0, 0.05) is 22.3 Å². The van der Waals surface area contributed by atoms with Crippen LogP contribution in [0.3, 0.4) is 0 Å². The maximum absolute atomic E-state index is 12.0. The number of carbonyl (C=O) groups is 3. The minimum Gasteiger partial charge on any atom is -0.451 e. The van der Waals surface area contributed by atoms with Crippen LogP contribution in [0.4, 0.5) is 5.13 Å². The molecule has 0 bridgehead atoms. The number of carbonyl (C=O) groups excluding carboxylic acids is 3. The lowest BCUT2D eigenvalue weighted by Crippen LogP contribution is -2.31. The highest BCUT2D eigenvalue weighted by Crippen LogP contribution is 2.26. The van der Waals surface area contributed by atoms with Crippen LogP contribution in [0, 0.1) is 0 Å². The number of esters is 1. The zero-order chi connectivity index (χ0) is 19.3. The van der Waals surface area contributed by atoms with Crippen LogP contribution in [0.15, 0.2) is 23.6 Å². The first-order valence-corrected chi connectivity index (χ1v) is 9.04. The summed E-state index contributed by atoms with van der Waals surface area (Å²) >= 11 is 13.0. The monoisotopic (exact) mass is 415 g/mol. The molecule has 1 aromatic carbocycles. The topological polar surface area (TPSA) is 97.4 Å². The van der Waals surface area contributed by atoms with Crippen LogP contribution in [-0.2, 0) is 14.3 Å². The molecule has 10 heteroatoms. The summed E-state index contributed by atoms with van der Waals surface area (Å²) in [6.07, 6.45) is 0. The molecule has 26 heavy (non-hydrogen) atoms. The second kappa shape index (κ2) is 8.98. The molecule has 1 atom stereocenters. The van der Waals surface area contributed by atoms with Gasteiger partial charge in [-0.3, -0.25) is 9.59 Å². The molecule has 2 N–H and O–H groups in total. The molecule has 1 aromatic heterocycles. The van der Waals surface area contributed by atoms with Crippen molar-refractivity contribution in [1.29, 1.82) is 0 Å². The van der Waals surface area contributed by atoms with Crippen LogP contribution < -0.4 is 10.6 Å². The third-order valence-corrected chi connectivity index (χ3v) is 4.46. The first-order valence-electron chi connectivity index (χ1n) is 7.41. The van der Waals surface area contributed by atoms with E-state index in [-0.39, 0.29) is 16.7 Å². The van der Waals surface area contributed by atoms with Gasteiger partial charge in [-0.05, 0) is 24.6 Å². The average molecular weight is 416 g/mol. The van der Waals surface area contributed by atoms with Crippen molar-refractivity contribution in [2.45, 2.75) is 19.9 Å². The van der Waals surface area contributed by atoms with Crippen molar-refractivity contribution in [1.82, 2.24) is 10.3 Å². The van der Waals surface area contributed by atoms with Crippen molar-refractivity contribution in [2.24, 2.45) is 0 Å². The number of rotatable bonds is 6. The Labute approximate surface area is 163 Å². The van der Waals surface area contributed by atoms with E-state index in [1.165, 1.54) is 12.3 Å². The molecule has 2 aromatic rings. The predicted molar refractivity (Wildman–Crippen MR) is 99.7 cm³/mol. The van der Waals surface area contributed by atoms with Gasteiger partial charge in [-0.15, -0.1) is 11.3 Å². The van der Waals surface area contributed by atoms with Gasteiger partial charge in [-0.1, -0.05) is 29.3 Å². The Morgan fingerprint density at radius 3 is 2.69 bits per heavy atom. The fraction of sp³-hybridized carbons (Fsp3) is 0.250. The van der Waals surface area contributed by atoms with Gasteiger partial charge in [0.15, 0.2) is 17.4 Å². The Balaban J connectivity index is 1.86. The number of benzene rings is 1. The van der Waals surface area contributed by atoms with E-state index in [0.717, 1.165) is 11.3 Å². The Bertz CT molecular complexity index is 841. The van der Waals surface area contributed by atoms with Gasteiger partial charge < -0.3 is 15.4 Å². The first-order chi connectivity index (χ1) is 12.3. The second-order valence-corrected chi connectivity index (χ2v) is 6.95. The van der Waals surface area contributed by atoms with Crippen LogP contribution in [0.1, 0.15) is 35.9 Å². The highest BCUT2D eigenvalue weighted by atomic mass is 35.5. The predicted octanol–water partition coefficient (Wildman–Crippen LogP) is 3.44. The lowest BCUT2D eigenvalue weighted by atomic mass is 10.1. The lowest BCUT2D eigenvalue weighted by molar-refractivity contribution is -0.124.